The first-order chi connectivity index (χ1) is 8.97. The molecule has 1 amide bonds. The van der Waals surface area contributed by atoms with E-state index >= 15 is 0 Å². The lowest BCUT2D eigenvalue weighted by Gasteiger charge is -2.05. The predicted molar refractivity (Wildman–Crippen MR) is 63.7 cm³/mol. The van der Waals surface area contributed by atoms with E-state index in [0.29, 0.717) is 0 Å². The van der Waals surface area contributed by atoms with Crippen LogP contribution in [-0.4, -0.2) is 21.0 Å². The van der Waals surface area contributed by atoms with Crippen molar-refractivity contribution in [1.29, 1.82) is 0 Å². The van der Waals surface area contributed by atoms with Crippen molar-refractivity contribution in [3.05, 3.63) is 56.6 Å². The number of phenolic OH excluding ortho intramolecular Hbond substituents is 1. The molecule has 2 aromatic rings. The van der Waals surface area contributed by atoms with Crippen LogP contribution in [0.5, 0.6) is 5.75 Å². The summed E-state index contributed by atoms with van der Waals surface area (Å²) in [4.78, 5) is 37.8. The van der Waals surface area contributed by atoms with E-state index in [-0.39, 0.29) is 17.0 Å². The van der Waals surface area contributed by atoms with Gasteiger partial charge in [0.2, 0.25) is 0 Å². The third kappa shape index (κ3) is 2.68. The Bertz CT molecular complexity index is 750. The predicted octanol–water partition coefficient (Wildman–Crippen LogP) is 0.160. The van der Waals surface area contributed by atoms with Crippen LogP contribution in [0.1, 0.15) is 10.4 Å². The topological polar surface area (TPSA) is 115 Å². The summed E-state index contributed by atoms with van der Waals surface area (Å²) in [5.74, 6) is -2.03. The fourth-order valence-electron chi connectivity index (χ4n) is 1.37. The molecule has 19 heavy (non-hydrogen) atoms. The van der Waals surface area contributed by atoms with Crippen LogP contribution in [0.15, 0.2) is 34.0 Å². The van der Waals surface area contributed by atoms with E-state index in [1.165, 1.54) is 6.07 Å². The molecule has 0 aliphatic carbocycles. The fraction of sp³-hybridized carbons (Fsp3) is 0. The summed E-state index contributed by atoms with van der Waals surface area (Å²) in [6.45, 7) is 0. The van der Waals surface area contributed by atoms with Crippen LogP contribution in [0.4, 0.5) is 10.1 Å². The zero-order chi connectivity index (χ0) is 14.0. The number of anilines is 1. The summed E-state index contributed by atoms with van der Waals surface area (Å²) in [7, 11) is 0. The van der Waals surface area contributed by atoms with Crippen LogP contribution in [0.3, 0.4) is 0 Å². The number of hydrogen-bond donors (Lipinski definition) is 4. The van der Waals surface area contributed by atoms with Crippen molar-refractivity contribution < 1.29 is 14.3 Å². The summed E-state index contributed by atoms with van der Waals surface area (Å²) >= 11 is 0. The van der Waals surface area contributed by atoms with E-state index < -0.39 is 23.0 Å². The lowest BCUT2D eigenvalue weighted by atomic mass is 10.2. The first-order valence-electron chi connectivity index (χ1n) is 5.09. The van der Waals surface area contributed by atoms with Crippen LogP contribution >= 0.6 is 0 Å². The van der Waals surface area contributed by atoms with Gasteiger partial charge in [0.15, 0.2) is 0 Å². The highest BCUT2D eigenvalue weighted by atomic mass is 19.1. The summed E-state index contributed by atoms with van der Waals surface area (Å²) in [6.07, 6.45) is 0.925. The fourth-order valence-corrected chi connectivity index (χ4v) is 1.37. The van der Waals surface area contributed by atoms with Gasteiger partial charge in [-0.1, -0.05) is 0 Å². The number of carbonyl (C=O) groups is 1. The Morgan fingerprint density at radius 3 is 2.68 bits per heavy atom. The Morgan fingerprint density at radius 1 is 1.32 bits per heavy atom. The van der Waals surface area contributed by atoms with Crippen LogP contribution in [0.2, 0.25) is 0 Å². The van der Waals surface area contributed by atoms with Crippen molar-refractivity contribution in [3.8, 4) is 5.75 Å². The number of aromatic nitrogens is 2. The molecule has 0 bridgehead atoms. The average molecular weight is 265 g/mol. The van der Waals surface area contributed by atoms with Crippen LogP contribution in [-0.2, 0) is 0 Å². The van der Waals surface area contributed by atoms with Gasteiger partial charge < -0.3 is 15.4 Å². The molecule has 0 radical (unpaired) electrons. The summed E-state index contributed by atoms with van der Waals surface area (Å²) < 4.78 is 13.4. The highest BCUT2D eigenvalue weighted by Crippen LogP contribution is 2.19. The minimum atomic E-state index is -0.888. The second-order valence-electron chi connectivity index (χ2n) is 3.60. The Labute approximate surface area is 104 Å². The molecular weight excluding hydrogens is 257 g/mol. The molecule has 2 rings (SSSR count). The molecule has 98 valence electrons. The second-order valence-corrected chi connectivity index (χ2v) is 3.60. The van der Waals surface area contributed by atoms with Gasteiger partial charge in [-0.25, -0.2) is 9.18 Å². The van der Waals surface area contributed by atoms with E-state index in [4.69, 9.17) is 5.11 Å². The lowest BCUT2D eigenvalue weighted by molar-refractivity contribution is 0.102. The van der Waals surface area contributed by atoms with Gasteiger partial charge in [-0.05, 0) is 12.1 Å². The van der Waals surface area contributed by atoms with E-state index in [0.717, 1.165) is 18.3 Å². The standard InChI is InChI=1S/C11H8FN3O4/c12-7-3-5(16)1-2-8(7)14-9(17)6-4-13-11(19)15-10(6)18/h1-4,16H,(H,14,17)(H2,13,15,18,19). The molecule has 0 saturated heterocycles. The third-order valence-corrected chi connectivity index (χ3v) is 2.26. The smallest absolute Gasteiger partial charge is 0.325 e. The molecule has 1 aromatic carbocycles. The van der Waals surface area contributed by atoms with Gasteiger partial charge in [0.25, 0.3) is 11.5 Å². The number of rotatable bonds is 2. The number of halogens is 1. The Balaban J connectivity index is 2.31. The van der Waals surface area contributed by atoms with E-state index in [9.17, 15) is 18.8 Å². The number of amides is 1. The third-order valence-electron chi connectivity index (χ3n) is 2.26. The van der Waals surface area contributed by atoms with E-state index in [1.807, 2.05) is 4.98 Å². The molecule has 0 saturated carbocycles. The minimum absolute atomic E-state index is 0.201. The molecule has 0 spiro atoms. The van der Waals surface area contributed by atoms with Crippen molar-refractivity contribution >= 4 is 11.6 Å². The van der Waals surface area contributed by atoms with Crippen LogP contribution < -0.4 is 16.6 Å². The average Bonchev–Trinajstić information content (AvgIpc) is 2.32. The number of aromatic amines is 2. The number of carbonyl (C=O) groups excluding carboxylic acids is 1. The quantitative estimate of drug-likeness (QED) is 0.579. The largest absolute Gasteiger partial charge is 0.508 e. The number of hydrogen-bond acceptors (Lipinski definition) is 4. The molecule has 7 nitrogen and oxygen atoms in total. The normalized spacial score (nSPS) is 10.2. The molecule has 1 aromatic heterocycles. The minimum Gasteiger partial charge on any atom is -0.508 e. The van der Waals surface area contributed by atoms with Gasteiger partial charge >= 0.3 is 5.69 Å². The number of benzene rings is 1. The van der Waals surface area contributed by atoms with Gasteiger partial charge in [0, 0.05) is 12.3 Å². The molecule has 1 heterocycles. The monoisotopic (exact) mass is 265 g/mol. The van der Waals surface area contributed by atoms with Gasteiger partial charge in [-0.15, -0.1) is 0 Å². The number of phenols is 1. The molecule has 0 atom stereocenters. The molecular formula is C11H8FN3O4. The maximum absolute atomic E-state index is 13.4. The molecule has 0 aliphatic rings. The summed E-state index contributed by atoms with van der Waals surface area (Å²) in [5.41, 5.74) is -2.21. The summed E-state index contributed by atoms with van der Waals surface area (Å²) in [6, 6.07) is 3.13. The van der Waals surface area contributed by atoms with E-state index in [2.05, 4.69) is 10.3 Å². The lowest BCUT2D eigenvalue weighted by Crippen LogP contribution is -2.29. The molecule has 4 N–H and O–H groups in total. The molecule has 0 aliphatic heterocycles. The van der Waals surface area contributed by atoms with Gasteiger partial charge in [0.1, 0.15) is 17.1 Å². The van der Waals surface area contributed by atoms with Crippen LogP contribution in [0.25, 0.3) is 0 Å². The van der Waals surface area contributed by atoms with Crippen LogP contribution in [0, 0.1) is 5.82 Å². The molecule has 0 fully saturated rings. The SMILES string of the molecule is O=C(Nc1ccc(O)cc1F)c1c[nH]c(=O)[nH]c1=O. The maximum atomic E-state index is 13.4. The second kappa shape index (κ2) is 4.77. The highest BCUT2D eigenvalue weighted by molar-refractivity contribution is 6.03. The first kappa shape index (κ1) is 12.6. The van der Waals surface area contributed by atoms with Crippen molar-refractivity contribution in [3.63, 3.8) is 0 Å². The summed E-state index contributed by atoms with van der Waals surface area (Å²) in [5, 5.41) is 11.2. The molecule has 8 heteroatoms. The van der Waals surface area contributed by atoms with Gasteiger partial charge in [-0.2, -0.15) is 0 Å². The van der Waals surface area contributed by atoms with Crippen molar-refractivity contribution in [1.82, 2.24) is 9.97 Å². The number of H-pyrrole nitrogens is 2. The van der Waals surface area contributed by atoms with Gasteiger partial charge in [-0.3, -0.25) is 14.6 Å². The maximum Gasteiger partial charge on any atom is 0.325 e. The number of nitrogens with one attached hydrogen (secondary N) is 3. The van der Waals surface area contributed by atoms with E-state index in [1.54, 1.807) is 0 Å². The highest BCUT2D eigenvalue weighted by Gasteiger charge is 2.13. The Hall–Kier alpha value is -2.90. The Kier molecular flexibility index (Phi) is 3.15. The zero-order valence-corrected chi connectivity index (χ0v) is 9.36. The first-order valence-corrected chi connectivity index (χ1v) is 5.09. The zero-order valence-electron chi connectivity index (χ0n) is 9.36. The van der Waals surface area contributed by atoms with Crippen molar-refractivity contribution in [2.24, 2.45) is 0 Å². The Morgan fingerprint density at radius 2 is 2.05 bits per heavy atom. The van der Waals surface area contributed by atoms with Gasteiger partial charge in [0.05, 0.1) is 5.69 Å². The van der Waals surface area contributed by atoms with Crippen molar-refractivity contribution in [2.45, 2.75) is 0 Å². The molecule has 0 unspecified atom stereocenters. The number of aromatic hydroxyl groups is 1. The van der Waals surface area contributed by atoms with Crippen molar-refractivity contribution in [2.75, 3.05) is 5.32 Å².